The standard InChI is InChI=1S/C15H13Cl2N3O2/c1-2-7-22-11-5-3-9(16)15(17)14(11)10-4-6-12-18-19-13(8-21)20(10)12/h2-3,5,8,10H,1,4,6-7H2. The summed E-state index contributed by atoms with van der Waals surface area (Å²) in [7, 11) is 0. The van der Waals surface area contributed by atoms with Crippen LogP contribution >= 0.6 is 23.2 Å². The van der Waals surface area contributed by atoms with Gasteiger partial charge in [-0.05, 0) is 18.6 Å². The molecule has 0 N–H and O–H groups in total. The van der Waals surface area contributed by atoms with E-state index in [-0.39, 0.29) is 11.9 Å². The van der Waals surface area contributed by atoms with E-state index in [9.17, 15) is 4.79 Å². The lowest BCUT2D eigenvalue weighted by Gasteiger charge is -2.20. The van der Waals surface area contributed by atoms with E-state index in [1.807, 2.05) is 0 Å². The number of aldehydes is 1. The third-order valence-corrected chi connectivity index (χ3v) is 4.45. The molecule has 0 bridgehead atoms. The Balaban J connectivity index is 2.13. The van der Waals surface area contributed by atoms with E-state index in [0.29, 0.717) is 28.7 Å². The van der Waals surface area contributed by atoms with Gasteiger partial charge in [0.05, 0.1) is 16.1 Å². The molecule has 5 nitrogen and oxygen atoms in total. The Bertz CT molecular complexity index is 743. The molecule has 1 unspecified atom stereocenters. The minimum atomic E-state index is -0.170. The number of nitrogens with zero attached hydrogens (tertiary/aromatic N) is 3. The Hall–Kier alpha value is -1.85. The van der Waals surface area contributed by atoms with Gasteiger partial charge in [0.15, 0.2) is 12.1 Å². The van der Waals surface area contributed by atoms with Crippen LogP contribution in [0.15, 0.2) is 24.8 Å². The largest absolute Gasteiger partial charge is 0.489 e. The summed E-state index contributed by atoms with van der Waals surface area (Å²) < 4.78 is 7.49. The van der Waals surface area contributed by atoms with Crippen LogP contribution in [-0.4, -0.2) is 27.7 Å². The Morgan fingerprint density at radius 3 is 2.95 bits per heavy atom. The van der Waals surface area contributed by atoms with Crippen LogP contribution in [0.25, 0.3) is 0 Å². The monoisotopic (exact) mass is 337 g/mol. The van der Waals surface area contributed by atoms with E-state index < -0.39 is 0 Å². The molecule has 0 radical (unpaired) electrons. The van der Waals surface area contributed by atoms with Crippen LogP contribution in [0, 0.1) is 0 Å². The zero-order valence-corrected chi connectivity index (χ0v) is 13.1. The Morgan fingerprint density at radius 1 is 1.41 bits per heavy atom. The van der Waals surface area contributed by atoms with Crippen molar-refractivity contribution < 1.29 is 9.53 Å². The van der Waals surface area contributed by atoms with E-state index in [1.54, 1.807) is 22.8 Å². The minimum absolute atomic E-state index is 0.170. The summed E-state index contributed by atoms with van der Waals surface area (Å²) in [6.45, 7) is 4.00. The van der Waals surface area contributed by atoms with Gasteiger partial charge in [0.1, 0.15) is 18.2 Å². The number of fused-ring (bicyclic) bond motifs is 1. The SMILES string of the molecule is C=CCOc1ccc(Cl)c(Cl)c1C1CCc2nnc(C=O)n21. The third kappa shape index (κ3) is 2.40. The van der Waals surface area contributed by atoms with Crippen LogP contribution in [-0.2, 0) is 6.42 Å². The van der Waals surface area contributed by atoms with Crippen LogP contribution in [0.4, 0.5) is 0 Å². The lowest BCUT2D eigenvalue weighted by molar-refractivity contribution is 0.111. The molecule has 1 aromatic carbocycles. The molecule has 3 rings (SSSR count). The normalized spacial score (nSPS) is 16.4. The van der Waals surface area contributed by atoms with Crippen molar-refractivity contribution in [2.24, 2.45) is 0 Å². The third-order valence-electron chi connectivity index (χ3n) is 3.63. The van der Waals surface area contributed by atoms with Gasteiger partial charge in [-0.1, -0.05) is 35.9 Å². The average molecular weight is 338 g/mol. The molecule has 0 saturated carbocycles. The molecule has 22 heavy (non-hydrogen) atoms. The highest BCUT2D eigenvalue weighted by molar-refractivity contribution is 6.42. The molecule has 2 aromatic rings. The lowest BCUT2D eigenvalue weighted by Crippen LogP contribution is -2.12. The number of hydrogen-bond acceptors (Lipinski definition) is 4. The molecule has 0 saturated heterocycles. The summed E-state index contributed by atoms with van der Waals surface area (Å²) in [5, 5.41) is 8.79. The first-order valence-electron chi connectivity index (χ1n) is 6.78. The smallest absolute Gasteiger partial charge is 0.197 e. The maximum Gasteiger partial charge on any atom is 0.197 e. The minimum Gasteiger partial charge on any atom is -0.489 e. The van der Waals surface area contributed by atoms with Crippen LogP contribution in [0.1, 0.15) is 34.5 Å². The highest BCUT2D eigenvalue weighted by Crippen LogP contribution is 2.43. The van der Waals surface area contributed by atoms with Crippen LogP contribution < -0.4 is 4.74 Å². The fourth-order valence-electron chi connectivity index (χ4n) is 2.73. The topological polar surface area (TPSA) is 57.0 Å². The summed E-state index contributed by atoms with van der Waals surface area (Å²) in [6.07, 6.45) is 3.82. The summed E-state index contributed by atoms with van der Waals surface area (Å²) in [5.74, 6) is 1.67. The molecule has 1 atom stereocenters. The lowest BCUT2D eigenvalue weighted by atomic mass is 10.0. The Kier molecular flexibility index (Phi) is 4.18. The van der Waals surface area contributed by atoms with E-state index in [0.717, 1.165) is 24.2 Å². The second-order valence-corrected chi connectivity index (χ2v) is 5.67. The van der Waals surface area contributed by atoms with Gasteiger partial charge in [-0.3, -0.25) is 4.79 Å². The van der Waals surface area contributed by atoms with Crippen molar-refractivity contribution in [3.05, 3.63) is 52.0 Å². The predicted molar refractivity (Wildman–Crippen MR) is 84.0 cm³/mol. The van der Waals surface area contributed by atoms with Crippen LogP contribution in [0.3, 0.4) is 0 Å². The maximum atomic E-state index is 11.2. The molecule has 114 valence electrons. The molecule has 1 aliphatic rings. The molecular weight excluding hydrogens is 325 g/mol. The number of hydrogen-bond donors (Lipinski definition) is 0. The van der Waals surface area contributed by atoms with Gasteiger partial charge in [0.25, 0.3) is 0 Å². The molecular formula is C15H13Cl2N3O2. The van der Waals surface area contributed by atoms with Gasteiger partial charge in [0, 0.05) is 12.0 Å². The van der Waals surface area contributed by atoms with Gasteiger partial charge in [-0.2, -0.15) is 0 Å². The quantitative estimate of drug-likeness (QED) is 0.618. The van der Waals surface area contributed by atoms with E-state index in [2.05, 4.69) is 16.8 Å². The molecule has 0 amide bonds. The molecule has 2 heterocycles. The van der Waals surface area contributed by atoms with Crippen molar-refractivity contribution >= 4 is 29.5 Å². The predicted octanol–water partition coefficient (Wildman–Crippen LogP) is 3.50. The second-order valence-electron chi connectivity index (χ2n) is 4.89. The zero-order valence-electron chi connectivity index (χ0n) is 11.6. The molecule has 0 aliphatic carbocycles. The zero-order chi connectivity index (χ0) is 15.7. The van der Waals surface area contributed by atoms with Crippen molar-refractivity contribution in [1.82, 2.24) is 14.8 Å². The van der Waals surface area contributed by atoms with Crippen molar-refractivity contribution in [3.63, 3.8) is 0 Å². The Morgan fingerprint density at radius 2 is 2.23 bits per heavy atom. The molecule has 1 aromatic heterocycles. The van der Waals surface area contributed by atoms with Gasteiger partial charge in [-0.25, -0.2) is 0 Å². The number of rotatable bonds is 5. The first-order chi connectivity index (χ1) is 10.7. The highest BCUT2D eigenvalue weighted by Gasteiger charge is 2.32. The highest BCUT2D eigenvalue weighted by atomic mass is 35.5. The van der Waals surface area contributed by atoms with Crippen molar-refractivity contribution in [3.8, 4) is 5.75 Å². The second kappa shape index (κ2) is 6.10. The maximum absolute atomic E-state index is 11.2. The number of halogens is 2. The van der Waals surface area contributed by atoms with Gasteiger partial charge >= 0.3 is 0 Å². The number of aryl methyl sites for hydroxylation is 1. The number of benzene rings is 1. The van der Waals surface area contributed by atoms with Crippen molar-refractivity contribution in [2.75, 3.05) is 6.61 Å². The Labute approximate surface area is 137 Å². The van der Waals surface area contributed by atoms with Gasteiger partial charge in [0.2, 0.25) is 0 Å². The number of carbonyl (C=O) groups excluding carboxylic acids is 1. The fourth-order valence-corrected chi connectivity index (χ4v) is 3.18. The van der Waals surface area contributed by atoms with E-state index in [4.69, 9.17) is 27.9 Å². The summed E-state index contributed by atoms with van der Waals surface area (Å²) >= 11 is 12.6. The molecule has 0 fully saturated rings. The number of carbonyl (C=O) groups is 1. The summed E-state index contributed by atoms with van der Waals surface area (Å²) in [4.78, 5) is 11.2. The fraction of sp³-hybridized carbons (Fsp3) is 0.267. The van der Waals surface area contributed by atoms with Crippen molar-refractivity contribution in [2.45, 2.75) is 18.9 Å². The molecule has 7 heteroatoms. The van der Waals surface area contributed by atoms with Gasteiger partial charge < -0.3 is 9.30 Å². The summed E-state index contributed by atoms with van der Waals surface area (Å²) in [6, 6.07) is 3.29. The first-order valence-corrected chi connectivity index (χ1v) is 7.53. The number of ether oxygens (including phenoxy) is 1. The van der Waals surface area contributed by atoms with Crippen LogP contribution in [0.2, 0.25) is 10.0 Å². The van der Waals surface area contributed by atoms with E-state index in [1.165, 1.54) is 0 Å². The number of aromatic nitrogens is 3. The average Bonchev–Trinajstić information content (AvgIpc) is 3.10. The van der Waals surface area contributed by atoms with E-state index >= 15 is 0 Å². The summed E-state index contributed by atoms with van der Waals surface area (Å²) in [5.41, 5.74) is 0.748. The first kappa shape index (κ1) is 15.1. The van der Waals surface area contributed by atoms with Gasteiger partial charge in [-0.15, -0.1) is 10.2 Å². The molecule has 1 aliphatic heterocycles. The van der Waals surface area contributed by atoms with Crippen molar-refractivity contribution in [1.29, 1.82) is 0 Å². The van der Waals surface area contributed by atoms with Crippen LogP contribution in [0.5, 0.6) is 5.75 Å². The molecule has 0 spiro atoms.